The molecular weight excluding hydrogens is 656 g/mol. The molecule has 0 saturated carbocycles. The third kappa shape index (κ3) is 7.21. The molecule has 1 aromatic carbocycles. The van der Waals surface area contributed by atoms with Gasteiger partial charge in [-0.1, -0.05) is 26.0 Å². The van der Waals surface area contributed by atoms with Gasteiger partial charge in [0.1, 0.15) is 10.7 Å². The van der Waals surface area contributed by atoms with Crippen LogP contribution < -0.4 is 14.9 Å². The minimum absolute atomic E-state index is 0.0580. The van der Waals surface area contributed by atoms with E-state index in [1.165, 1.54) is 30.5 Å². The van der Waals surface area contributed by atoms with Crippen LogP contribution in [0.2, 0.25) is 0 Å². The maximum absolute atomic E-state index is 13.5. The van der Waals surface area contributed by atoms with Crippen LogP contribution in [0.3, 0.4) is 0 Å². The van der Waals surface area contributed by atoms with Crippen LogP contribution in [0.15, 0.2) is 66.0 Å². The summed E-state index contributed by atoms with van der Waals surface area (Å²) in [5.74, 6) is 1.28. The fraction of sp³-hybridized carbons (Fsp3) is 0.300. The number of hydrogen-bond donors (Lipinski definition) is 2. The van der Waals surface area contributed by atoms with Crippen LogP contribution in [0.1, 0.15) is 30.5 Å². The molecule has 5 aromatic rings. The van der Waals surface area contributed by atoms with Crippen LogP contribution in [0.25, 0.3) is 21.8 Å². The molecule has 6 rings (SSSR count). The zero-order valence-corrected chi connectivity index (χ0v) is 27.1. The molecule has 0 unspecified atom stereocenters. The SMILES string of the molecule is CC(C)c1nc(-c2cccc(NS(=O)(=O)c3cn(C)nc3C(F)(F)F)c2)c(-c2ccnc(Nc3ccc(N4CCOCC4)nc3)n2)s1. The lowest BCUT2D eigenvalue weighted by molar-refractivity contribution is -0.143. The van der Waals surface area contributed by atoms with Gasteiger partial charge in [-0.05, 0) is 30.3 Å². The van der Waals surface area contributed by atoms with E-state index in [-0.39, 0.29) is 11.6 Å². The summed E-state index contributed by atoms with van der Waals surface area (Å²) < 4.78 is 75.2. The van der Waals surface area contributed by atoms with Gasteiger partial charge in [0.25, 0.3) is 10.0 Å². The van der Waals surface area contributed by atoms with Crippen molar-refractivity contribution in [2.75, 3.05) is 41.2 Å². The minimum Gasteiger partial charge on any atom is -0.378 e. The van der Waals surface area contributed by atoms with E-state index in [9.17, 15) is 21.6 Å². The van der Waals surface area contributed by atoms with Crippen LogP contribution in [-0.2, 0) is 28.0 Å². The van der Waals surface area contributed by atoms with E-state index in [2.05, 4.69) is 30.0 Å². The lowest BCUT2D eigenvalue weighted by Gasteiger charge is -2.27. The van der Waals surface area contributed by atoms with Crippen LogP contribution in [0, 0.1) is 0 Å². The maximum Gasteiger partial charge on any atom is 0.436 e. The molecule has 17 heteroatoms. The summed E-state index contributed by atoms with van der Waals surface area (Å²) in [6, 6.07) is 11.9. The third-order valence-electron chi connectivity index (χ3n) is 7.11. The number of morpholine rings is 1. The normalized spacial score (nSPS) is 14.1. The highest BCUT2D eigenvalue weighted by molar-refractivity contribution is 7.92. The highest BCUT2D eigenvalue weighted by Gasteiger charge is 2.41. The van der Waals surface area contributed by atoms with Gasteiger partial charge in [-0.2, -0.15) is 18.3 Å². The van der Waals surface area contributed by atoms with E-state index in [4.69, 9.17) is 14.7 Å². The summed E-state index contributed by atoms with van der Waals surface area (Å²) >= 11 is 1.44. The number of sulfonamides is 1. The Morgan fingerprint density at radius 1 is 1.02 bits per heavy atom. The van der Waals surface area contributed by atoms with Crippen molar-refractivity contribution in [1.29, 1.82) is 0 Å². The summed E-state index contributed by atoms with van der Waals surface area (Å²) in [6.07, 6.45) is -0.803. The predicted octanol–water partition coefficient (Wildman–Crippen LogP) is 5.92. The van der Waals surface area contributed by atoms with Gasteiger partial charge < -0.3 is 15.0 Å². The molecule has 246 valence electrons. The molecule has 12 nitrogen and oxygen atoms in total. The monoisotopic (exact) mass is 685 g/mol. The van der Waals surface area contributed by atoms with E-state index >= 15 is 0 Å². The van der Waals surface area contributed by atoms with Crippen molar-refractivity contribution in [2.45, 2.75) is 30.8 Å². The Morgan fingerprint density at radius 3 is 2.51 bits per heavy atom. The van der Waals surface area contributed by atoms with E-state index in [1.807, 2.05) is 26.0 Å². The van der Waals surface area contributed by atoms with Crippen LogP contribution in [-0.4, -0.2) is 64.4 Å². The number of hydrogen-bond acceptors (Lipinski definition) is 11. The molecule has 4 aromatic heterocycles. The first-order valence-corrected chi connectivity index (χ1v) is 16.8. The van der Waals surface area contributed by atoms with Crippen molar-refractivity contribution < 1.29 is 26.3 Å². The molecule has 0 atom stereocenters. The molecule has 0 amide bonds. The number of anilines is 4. The fourth-order valence-electron chi connectivity index (χ4n) is 4.87. The van der Waals surface area contributed by atoms with Crippen molar-refractivity contribution in [1.82, 2.24) is 29.7 Å². The quantitative estimate of drug-likeness (QED) is 0.192. The van der Waals surface area contributed by atoms with Gasteiger partial charge >= 0.3 is 6.18 Å². The average molecular weight is 686 g/mol. The van der Waals surface area contributed by atoms with Gasteiger partial charge in [0.15, 0.2) is 5.69 Å². The van der Waals surface area contributed by atoms with Gasteiger partial charge in [0.2, 0.25) is 5.95 Å². The molecule has 0 radical (unpaired) electrons. The second-order valence-corrected chi connectivity index (χ2v) is 13.7. The molecule has 0 aliphatic carbocycles. The Bertz CT molecular complexity index is 1990. The molecule has 1 fully saturated rings. The summed E-state index contributed by atoms with van der Waals surface area (Å²) in [5.41, 5.74) is 0.927. The third-order valence-corrected chi connectivity index (χ3v) is 9.87. The fourth-order valence-corrected chi connectivity index (χ4v) is 7.18. The van der Waals surface area contributed by atoms with Gasteiger partial charge in [0, 0.05) is 49.7 Å². The number of aryl methyl sites for hydroxylation is 1. The van der Waals surface area contributed by atoms with E-state index in [0.717, 1.165) is 34.8 Å². The highest BCUT2D eigenvalue weighted by atomic mass is 32.2. The zero-order chi connectivity index (χ0) is 33.3. The molecule has 5 heterocycles. The Labute approximate surface area is 272 Å². The Morgan fingerprint density at radius 2 is 1.81 bits per heavy atom. The smallest absolute Gasteiger partial charge is 0.378 e. The van der Waals surface area contributed by atoms with Gasteiger partial charge in [-0.25, -0.2) is 28.4 Å². The van der Waals surface area contributed by atoms with Gasteiger partial charge in [-0.3, -0.25) is 9.40 Å². The zero-order valence-electron chi connectivity index (χ0n) is 25.5. The van der Waals surface area contributed by atoms with Crippen LogP contribution in [0.5, 0.6) is 0 Å². The number of rotatable bonds is 9. The lowest BCUT2D eigenvalue weighted by atomic mass is 10.1. The second-order valence-electron chi connectivity index (χ2n) is 11.0. The summed E-state index contributed by atoms with van der Waals surface area (Å²) in [7, 11) is -3.41. The number of nitrogens with zero attached hydrogens (tertiary/aromatic N) is 7. The average Bonchev–Trinajstić information content (AvgIpc) is 3.68. The Kier molecular flexibility index (Phi) is 8.86. The van der Waals surface area contributed by atoms with Crippen molar-refractivity contribution in [2.24, 2.45) is 7.05 Å². The first-order valence-electron chi connectivity index (χ1n) is 14.5. The lowest BCUT2D eigenvalue weighted by Crippen LogP contribution is -2.36. The highest BCUT2D eigenvalue weighted by Crippen LogP contribution is 2.40. The summed E-state index contributed by atoms with van der Waals surface area (Å²) in [6.45, 7) is 6.88. The van der Waals surface area contributed by atoms with Crippen LogP contribution in [0.4, 0.5) is 36.3 Å². The van der Waals surface area contributed by atoms with E-state index in [1.54, 1.807) is 30.6 Å². The number of ether oxygens (including phenoxy) is 1. The first kappa shape index (κ1) is 32.3. The molecule has 1 aliphatic rings. The van der Waals surface area contributed by atoms with E-state index in [0.29, 0.717) is 46.7 Å². The number of pyridine rings is 1. The van der Waals surface area contributed by atoms with Gasteiger partial charge in [-0.15, -0.1) is 11.3 Å². The first-order chi connectivity index (χ1) is 22.4. The standard InChI is InChI=1S/C30H30F3N9O3S2/c1-18(2)28-38-25(19-5-4-6-20(15-19)40-47(43,44)23-17-41(3)39-27(23)30(31,32)33)26(46-28)22-9-10-34-29(37-22)36-21-7-8-24(35-16-21)42-11-13-45-14-12-42/h4-10,15-18,40H,11-14H2,1-3H3,(H,34,36,37). The number of thiazole rings is 1. The largest absolute Gasteiger partial charge is 0.436 e. The maximum atomic E-state index is 13.5. The molecule has 0 bridgehead atoms. The molecule has 2 N–H and O–H groups in total. The number of aromatic nitrogens is 6. The number of benzene rings is 1. The van der Waals surface area contributed by atoms with Crippen molar-refractivity contribution in [3.63, 3.8) is 0 Å². The Balaban J connectivity index is 1.28. The van der Waals surface area contributed by atoms with E-state index < -0.39 is 26.8 Å². The number of nitrogens with one attached hydrogen (secondary N) is 2. The topological polar surface area (TPSA) is 140 Å². The molecule has 1 aliphatic heterocycles. The summed E-state index contributed by atoms with van der Waals surface area (Å²) in [5, 5.41) is 7.33. The van der Waals surface area contributed by atoms with Crippen LogP contribution >= 0.6 is 11.3 Å². The molecule has 1 saturated heterocycles. The number of alkyl halides is 3. The van der Waals surface area contributed by atoms with Crippen molar-refractivity contribution in [3.8, 4) is 21.8 Å². The van der Waals surface area contributed by atoms with Crippen molar-refractivity contribution in [3.05, 3.63) is 71.8 Å². The summed E-state index contributed by atoms with van der Waals surface area (Å²) in [4.78, 5) is 20.4. The van der Waals surface area contributed by atoms with Gasteiger partial charge in [0.05, 0.1) is 46.4 Å². The Hall–Kier alpha value is -4.61. The molecule has 0 spiro atoms. The molecular formula is C30H30F3N9O3S2. The number of halogens is 3. The van der Waals surface area contributed by atoms with Crippen molar-refractivity contribution >= 4 is 44.5 Å². The second kappa shape index (κ2) is 12.9. The minimum atomic E-state index is -4.95. The predicted molar refractivity (Wildman–Crippen MR) is 172 cm³/mol. The molecule has 47 heavy (non-hydrogen) atoms.